The van der Waals surface area contributed by atoms with E-state index in [0.29, 0.717) is 0 Å². The lowest BCUT2D eigenvalue weighted by molar-refractivity contribution is -0.115. The Labute approximate surface area is 47.0 Å². The first-order chi connectivity index (χ1) is 3.66. The average molecular weight is 116 g/mol. The number of hydrogen-bond acceptors (Lipinski definition) is 3. The summed E-state index contributed by atoms with van der Waals surface area (Å²) in [6, 6.07) is 0. The molecule has 0 unspecified atom stereocenters. The number of oxime groups is 1. The lowest BCUT2D eigenvalue weighted by Crippen LogP contribution is -2.14. The molecule has 8 heavy (non-hydrogen) atoms. The van der Waals surface area contributed by atoms with Crippen LogP contribution in [0.25, 0.3) is 0 Å². The summed E-state index contributed by atoms with van der Waals surface area (Å²) in [5.41, 5.74) is 4.95. The number of ketones is 1. The number of hydrogen-bond donors (Lipinski definition) is 2. The molecule has 0 fully saturated rings. The van der Waals surface area contributed by atoms with Crippen molar-refractivity contribution in [1.82, 2.24) is 0 Å². The Bertz CT molecular complexity index is 119. The molecule has 0 saturated heterocycles. The van der Waals surface area contributed by atoms with Crippen LogP contribution in [-0.2, 0) is 4.79 Å². The zero-order valence-electron chi connectivity index (χ0n) is 4.59. The molecule has 0 rings (SSSR count). The van der Waals surface area contributed by atoms with Gasteiger partial charge in [-0.3, -0.25) is 4.79 Å². The summed E-state index contributed by atoms with van der Waals surface area (Å²) in [5, 5.41) is 10.5. The molecule has 0 heterocycles. The predicted molar refractivity (Wildman–Crippen MR) is 28.7 cm³/mol. The van der Waals surface area contributed by atoms with Gasteiger partial charge in [0, 0.05) is 0 Å². The second-order valence-corrected chi connectivity index (χ2v) is 1.47. The van der Waals surface area contributed by atoms with Crippen molar-refractivity contribution in [2.75, 3.05) is 0 Å². The Hall–Kier alpha value is -1.06. The molecule has 0 aliphatic rings. The summed E-state index contributed by atoms with van der Waals surface area (Å²) < 4.78 is 0. The Kier molecular flexibility index (Phi) is 2.61. The molecule has 0 amide bonds. The van der Waals surface area contributed by atoms with Gasteiger partial charge < -0.3 is 10.9 Å². The van der Waals surface area contributed by atoms with Crippen LogP contribution >= 0.6 is 0 Å². The molecule has 0 saturated carbocycles. The van der Waals surface area contributed by atoms with Crippen LogP contribution in [-0.4, -0.2) is 16.8 Å². The Morgan fingerprint density at radius 2 is 2.38 bits per heavy atom. The van der Waals surface area contributed by atoms with Gasteiger partial charge in [-0.25, -0.2) is 0 Å². The van der Waals surface area contributed by atoms with Crippen molar-refractivity contribution in [1.29, 1.82) is 0 Å². The highest BCUT2D eigenvalue weighted by Gasteiger charge is 1.95. The minimum atomic E-state index is -0.111. The van der Waals surface area contributed by atoms with Crippen molar-refractivity contribution < 1.29 is 10.0 Å². The van der Waals surface area contributed by atoms with Crippen LogP contribution in [0.2, 0.25) is 0 Å². The Morgan fingerprint density at radius 1 is 1.88 bits per heavy atom. The van der Waals surface area contributed by atoms with Gasteiger partial charge in [-0.1, -0.05) is 5.16 Å². The van der Waals surface area contributed by atoms with Crippen LogP contribution in [0.4, 0.5) is 0 Å². The number of rotatable bonds is 2. The van der Waals surface area contributed by atoms with Gasteiger partial charge in [0.2, 0.25) is 0 Å². The molecular weight excluding hydrogens is 108 g/mol. The normalized spacial score (nSPS) is 11.4. The summed E-state index contributed by atoms with van der Waals surface area (Å²) in [5.74, 6) is -0.155. The highest BCUT2D eigenvalue weighted by molar-refractivity contribution is 5.98. The second-order valence-electron chi connectivity index (χ2n) is 1.47. The smallest absolute Gasteiger partial charge is 0.146 e. The highest BCUT2D eigenvalue weighted by Crippen LogP contribution is 1.78. The van der Waals surface area contributed by atoms with Crippen LogP contribution in [0.5, 0.6) is 0 Å². The lowest BCUT2D eigenvalue weighted by atomic mass is 10.3. The minimum Gasteiger partial charge on any atom is -0.409 e. The van der Waals surface area contributed by atoms with Crippen LogP contribution < -0.4 is 5.73 Å². The number of Topliss-reactive ketones (excluding diaryl/α,β-unsaturated/α-hetero) is 1. The molecule has 4 nitrogen and oxygen atoms in total. The van der Waals surface area contributed by atoms with Crippen molar-refractivity contribution in [2.24, 2.45) is 10.9 Å². The minimum absolute atomic E-state index is 0.0243. The third-order valence-electron chi connectivity index (χ3n) is 0.559. The predicted octanol–water partition coefficient (Wildman–Crippen LogP) is -0.288. The maximum Gasteiger partial charge on any atom is 0.146 e. The fourth-order valence-corrected chi connectivity index (χ4v) is 0.290. The molecule has 0 bridgehead atoms. The van der Waals surface area contributed by atoms with Gasteiger partial charge in [-0.05, 0) is 6.92 Å². The maximum absolute atomic E-state index is 10.1. The molecule has 46 valence electrons. The maximum atomic E-state index is 10.1. The van der Waals surface area contributed by atoms with Crippen LogP contribution in [0.1, 0.15) is 13.3 Å². The van der Waals surface area contributed by atoms with E-state index in [2.05, 4.69) is 5.16 Å². The van der Waals surface area contributed by atoms with Crippen molar-refractivity contribution in [3.63, 3.8) is 0 Å². The first-order valence-corrected chi connectivity index (χ1v) is 2.12. The van der Waals surface area contributed by atoms with E-state index in [1.165, 1.54) is 6.92 Å². The summed E-state index contributed by atoms with van der Waals surface area (Å²) in [6.07, 6.45) is 0.0243. The Balaban J connectivity index is 3.56. The molecule has 0 radical (unpaired) electrons. The topological polar surface area (TPSA) is 75.7 Å². The zero-order chi connectivity index (χ0) is 6.57. The molecule has 3 N–H and O–H groups in total. The largest absolute Gasteiger partial charge is 0.409 e. The van der Waals surface area contributed by atoms with Crippen LogP contribution in [0.15, 0.2) is 5.16 Å². The van der Waals surface area contributed by atoms with E-state index in [-0.39, 0.29) is 18.0 Å². The molecule has 0 spiro atoms. The molecule has 0 aromatic carbocycles. The van der Waals surface area contributed by atoms with Crippen molar-refractivity contribution in [3.05, 3.63) is 0 Å². The van der Waals surface area contributed by atoms with E-state index in [4.69, 9.17) is 10.9 Å². The van der Waals surface area contributed by atoms with Crippen LogP contribution in [0.3, 0.4) is 0 Å². The van der Waals surface area contributed by atoms with Crippen molar-refractivity contribution in [3.8, 4) is 0 Å². The van der Waals surface area contributed by atoms with Gasteiger partial charge in [0.05, 0.1) is 6.42 Å². The monoisotopic (exact) mass is 116 g/mol. The summed E-state index contributed by atoms with van der Waals surface area (Å²) in [4.78, 5) is 10.1. The first kappa shape index (κ1) is 6.94. The van der Waals surface area contributed by atoms with Crippen molar-refractivity contribution in [2.45, 2.75) is 13.3 Å². The summed E-state index contributed by atoms with van der Waals surface area (Å²) >= 11 is 0. The van der Waals surface area contributed by atoms with Gasteiger partial charge in [-0.2, -0.15) is 0 Å². The fourth-order valence-electron chi connectivity index (χ4n) is 0.290. The van der Waals surface area contributed by atoms with E-state index in [1.54, 1.807) is 0 Å². The molecule has 0 aliphatic heterocycles. The standard InChI is InChI=1S/C4H8N2O2/c1-3(7)2-4(5)6-8/h8H,2H2,1H3,(H2,5,6). The summed E-state index contributed by atoms with van der Waals surface area (Å²) in [6.45, 7) is 1.37. The number of amidine groups is 1. The van der Waals surface area contributed by atoms with Gasteiger partial charge in [0.25, 0.3) is 0 Å². The molecule has 4 heteroatoms. The van der Waals surface area contributed by atoms with Gasteiger partial charge in [0.1, 0.15) is 11.6 Å². The molecule has 0 aromatic rings. The Morgan fingerprint density at radius 3 is 2.50 bits per heavy atom. The number of carbonyl (C=O) groups excluding carboxylic acids is 1. The van der Waals surface area contributed by atoms with E-state index in [1.807, 2.05) is 0 Å². The number of nitrogens with zero attached hydrogens (tertiary/aromatic N) is 1. The van der Waals surface area contributed by atoms with Crippen LogP contribution in [0, 0.1) is 0 Å². The van der Waals surface area contributed by atoms with E-state index in [0.717, 1.165) is 0 Å². The highest BCUT2D eigenvalue weighted by atomic mass is 16.4. The molecule has 0 atom stereocenters. The van der Waals surface area contributed by atoms with Crippen molar-refractivity contribution >= 4 is 11.6 Å². The molecule has 0 aliphatic carbocycles. The van der Waals surface area contributed by atoms with E-state index >= 15 is 0 Å². The van der Waals surface area contributed by atoms with E-state index in [9.17, 15) is 4.79 Å². The SMILES string of the molecule is CC(=O)CC(N)=NO. The lowest BCUT2D eigenvalue weighted by Gasteiger charge is -1.88. The quantitative estimate of drug-likeness (QED) is 0.225. The number of nitrogens with two attached hydrogens (primary N) is 1. The first-order valence-electron chi connectivity index (χ1n) is 2.12. The third-order valence-corrected chi connectivity index (χ3v) is 0.559. The second kappa shape index (κ2) is 3.01. The van der Waals surface area contributed by atoms with Gasteiger partial charge in [-0.15, -0.1) is 0 Å². The molecule has 0 aromatic heterocycles. The van der Waals surface area contributed by atoms with E-state index < -0.39 is 0 Å². The summed E-state index contributed by atoms with van der Waals surface area (Å²) in [7, 11) is 0. The number of carbonyl (C=O) groups is 1. The zero-order valence-corrected chi connectivity index (χ0v) is 4.59. The van der Waals surface area contributed by atoms with Gasteiger partial charge in [0.15, 0.2) is 0 Å². The third kappa shape index (κ3) is 3.14. The average Bonchev–Trinajstić information content (AvgIpc) is 1.65. The molecular formula is C4H8N2O2. The van der Waals surface area contributed by atoms with Gasteiger partial charge >= 0.3 is 0 Å². The fraction of sp³-hybridized carbons (Fsp3) is 0.500.